The number of carbonyl (C=O) groups excluding carboxylic acids is 1. The standard InChI is InChI=1S/C19H14F3NOS/c1-18(11-25-19(20,21)22)14-8-4-3-7-13(14)16-10-12-6-2-5-9-15(12)23(16)17(18)24/h2-10H,11H2,1H3/t18-/m0/s1. The lowest BCUT2D eigenvalue weighted by Crippen LogP contribution is -2.43. The van der Waals surface area contributed by atoms with Crippen LogP contribution in [0.25, 0.3) is 22.2 Å². The van der Waals surface area contributed by atoms with E-state index in [1.165, 1.54) is 0 Å². The lowest BCUT2D eigenvalue weighted by molar-refractivity contribution is -0.0329. The third-order valence-corrected chi connectivity index (χ3v) is 5.76. The number of fused-ring (bicyclic) bond motifs is 5. The van der Waals surface area contributed by atoms with E-state index in [0.29, 0.717) is 5.56 Å². The first-order valence-electron chi connectivity index (χ1n) is 7.77. The van der Waals surface area contributed by atoms with Gasteiger partial charge in [0.1, 0.15) is 0 Å². The molecule has 0 radical (unpaired) electrons. The lowest BCUT2D eigenvalue weighted by atomic mass is 9.77. The SMILES string of the molecule is C[C@@]1(CSC(F)(F)F)C(=O)n2c(cc3ccccc32)-c2ccccc21. The minimum Gasteiger partial charge on any atom is -0.279 e. The van der Waals surface area contributed by atoms with Gasteiger partial charge in [0.2, 0.25) is 5.91 Å². The number of thioether (sulfide) groups is 1. The van der Waals surface area contributed by atoms with Gasteiger partial charge in [0, 0.05) is 16.7 Å². The molecule has 0 spiro atoms. The van der Waals surface area contributed by atoms with Gasteiger partial charge in [-0.15, -0.1) is 0 Å². The van der Waals surface area contributed by atoms with Crippen LogP contribution in [0.2, 0.25) is 0 Å². The van der Waals surface area contributed by atoms with E-state index in [2.05, 4.69) is 0 Å². The molecule has 1 aliphatic rings. The molecule has 0 saturated heterocycles. The molecule has 2 aromatic carbocycles. The van der Waals surface area contributed by atoms with Crippen LogP contribution in [0.1, 0.15) is 17.3 Å². The van der Waals surface area contributed by atoms with Gasteiger partial charge in [0.05, 0.1) is 16.6 Å². The van der Waals surface area contributed by atoms with Crippen molar-refractivity contribution >= 4 is 28.6 Å². The van der Waals surface area contributed by atoms with Crippen molar-refractivity contribution in [3.05, 3.63) is 60.2 Å². The monoisotopic (exact) mass is 361 g/mol. The third kappa shape index (κ3) is 2.47. The van der Waals surface area contributed by atoms with Crippen LogP contribution in [0.5, 0.6) is 0 Å². The van der Waals surface area contributed by atoms with Gasteiger partial charge in [-0.05, 0) is 36.4 Å². The molecule has 2 nitrogen and oxygen atoms in total. The molecule has 0 N–H and O–H groups in total. The Morgan fingerprint density at radius 3 is 2.52 bits per heavy atom. The highest BCUT2D eigenvalue weighted by Crippen LogP contribution is 2.46. The molecule has 2 heterocycles. The molecule has 25 heavy (non-hydrogen) atoms. The molecular weight excluding hydrogens is 347 g/mol. The minimum atomic E-state index is -4.38. The van der Waals surface area contributed by atoms with Crippen molar-refractivity contribution in [1.82, 2.24) is 4.57 Å². The van der Waals surface area contributed by atoms with Gasteiger partial charge in [-0.2, -0.15) is 13.2 Å². The highest BCUT2D eigenvalue weighted by molar-refractivity contribution is 8.00. The van der Waals surface area contributed by atoms with Crippen molar-refractivity contribution < 1.29 is 18.0 Å². The van der Waals surface area contributed by atoms with Crippen molar-refractivity contribution in [3.63, 3.8) is 0 Å². The van der Waals surface area contributed by atoms with E-state index in [4.69, 9.17) is 0 Å². The second-order valence-electron chi connectivity index (χ2n) is 6.34. The average molecular weight is 361 g/mol. The molecule has 4 rings (SSSR count). The summed E-state index contributed by atoms with van der Waals surface area (Å²) >= 11 is -0.145. The highest BCUT2D eigenvalue weighted by atomic mass is 32.2. The molecule has 6 heteroatoms. The van der Waals surface area contributed by atoms with Crippen LogP contribution in [0.3, 0.4) is 0 Å². The number of rotatable bonds is 2. The Bertz CT molecular complexity index is 992. The van der Waals surface area contributed by atoms with Crippen LogP contribution < -0.4 is 0 Å². The zero-order valence-corrected chi connectivity index (χ0v) is 14.1. The molecule has 0 saturated carbocycles. The van der Waals surface area contributed by atoms with E-state index in [1.54, 1.807) is 23.6 Å². The maximum absolute atomic E-state index is 13.3. The normalized spacial score (nSPS) is 19.8. The first-order valence-corrected chi connectivity index (χ1v) is 8.76. The summed E-state index contributed by atoms with van der Waals surface area (Å²) in [6.45, 7) is 1.60. The number of hydrogen-bond acceptors (Lipinski definition) is 2. The predicted molar refractivity (Wildman–Crippen MR) is 93.9 cm³/mol. The Morgan fingerprint density at radius 1 is 1.08 bits per heavy atom. The zero-order chi connectivity index (χ0) is 17.8. The second-order valence-corrected chi connectivity index (χ2v) is 7.38. The smallest absolute Gasteiger partial charge is 0.279 e. The van der Waals surface area contributed by atoms with Crippen molar-refractivity contribution in [1.29, 1.82) is 0 Å². The summed E-state index contributed by atoms with van der Waals surface area (Å²) in [6.07, 6.45) is 0. The van der Waals surface area contributed by atoms with E-state index in [0.717, 1.165) is 22.2 Å². The summed E-state index contributed by atoms with van der Waals surface area (Å²) in [4.78, 5) is 13.3. The van der Waals surface area contributed by atoms with E-state index >= 15 is 0 Å². The third-order valence-electron chi connectivity index (χ3n) is 4.71. The number of carbonyl (C=O) groups is 1. The fourth-order valence-corrected chi connectivity index (χ4v) is 4.22. The first-order chi connectivity index (χ1) is 11.8. The van der Waals surface area contributed by atoms with Gasteiger partial charge < -0.3 is 0 Å². The van der Waals surface area contributed by atoms with Gasteiger partial charge in [0.15, 0.2) is 0 Å². The fourth-order valence-electron chi connectivity index (χ4n) is 3.49. The van der Waals surface area contributed by atoms with Crippen LogP contribution in [-0.2, 0) is 5.41 Å². The summed E-state index contributed by atoms with van der Waals surface area (Å²) in [5.74, 6) is -0.669. The molecule has 128 valence electrons. The Morgan fingerprint density at radius 2 is 1.76 bits per heavy atom. The van der Waals surface area contributed by atoms with Crippen LogP contribution in [0.15, 0.2) is 54.6 Å². The van der Waals surface area contributed by atoms with Crippen molar-refractivity contribution in [3.8, 4) is 11.3 Å². The molecule has 0 amide bonds. The number of halogens is 3. The van der Waals surface area contributed by atoms with E-state index in [9.17, 15) is 18.0 Å². The van der Waals surface area contributed by atoms with Crippen molar-refractivity contribution in [2.75, 3.05) is 5.75 Å². The van der Waals surface area contributed by atoms with Crippen LogP contribution >= 0.6 is 11.8 Å². The second kappa shape index (κ2) is 5.39. The van der Waals surface area contributed by atoms with Crippen molar-refractivity contribution in [2.45, 2.75) is 17.8 Å². The Balaban J connectivity index is 1.96. The summed E-state index contributed by atoms with van der Waals surface area (Å²) in [6, 6.07) is 16.6. The molecule has 0 fully saturated rings. The topological polar surface area (TPSA) is 22.0 Å². The maximum atomic E-state index is 13.3. The van der Waals surface area contributed by atoms with E-state index in [1.807, 2.05) is 42.5 Å². The van der Waals surface area contributed by atoms with Crippen molar-refractivity contribution in [2.24, 2.45) is 0 Å². The number of alkyl halides is 3. The van der Waals surface area contributed by atoms with Crippen LogP contribution in [-0.4, -0.2) is 21.7 Å². The summed E-state index contributed by atoms with van der Waals surface area (Å²) in [5, 5.41) is 0.897. The molecule has 1 aliphatic heterocycles. The Kier molecular flexibility index (Phi) is 3.51. The molecule has 0 aliphatic carbocycles. The number of hydrogen-bond donors (Lipinski definition) is 0. The highest BCUT2D eigenvalue weighted by Gasteiger charge is 2.45. The maximum Gasteiger partial charge on any atom is 0.441 e. The quantitative estimate of drug-likeness (QED) is 0.603. The minimum absolute atomic E-state index is 0.145. The van der Waals surface area contributed by atoms with Crippen LogP contribution in [0.4, 0.5) is 13.2 Å². The van der Waals surface area contributed by atoms with Gasteiger partial charge in [0.25, 0.3) is 0 Å². The number of para-hydroxylation sites is 1. The predicted octanol–water partition coefficient (Wildman–Crippen LogP) is 5.47. The summed E-state index contributed by atoms with van der Waals surface area (Å²) < 4.78 is 40.0. The zero-order valence-electron chi connectivity index (χ0n) is 13.3. The molecule has 1 aromatic heterocycles. The average Bonchev–Trinajstić information content (AvgIpc) is 2.97. The number of benzene rings is 2. The number of aromatic nitrogens is 1. The Hall–Kier alpha value is -2.21. The van der Waals surface area contributed by atoms with E-state index < -0.39 is 10.9 Å². The summed E-state index contributed by atoms with van der Waals surface area (Å²) in [7, 11) is 0. The largest absolute Gasteiger partial charge is 0.441 e. The van der Waals surface area contributed by atoms with Gasteiger partial charge in [-0.3, -0.25) is 9.36 Å². The lowest BCUT2D eigenvalue weighted by Gasteiger charge is -2.35. The molecular formula is C19H14F3NOS. The van der Waals surface area contributed by atoms with E-state index in [-0.39, 0.29) is 23.4 Å². The Labute approximate surface area is 146 Å². The van der Waals surface area contributed by atoms with Gasteiger partial charge in [-0.1, -0.05) is 42.5 Å². The molecule has 3 aromatic rings. The first kappa shape index (κ1) is 16.3. The van der Waals surface area contributed by atoms with Gasteiger partial charge >= 0.3 is 5.51 Å². The van der Waals surface area contributed by atoms with Gasteiger partial charge in [-0.25, -0.2) is 0 Å². The van der Waals surface area contributed by atoms with Crippen LogP contribution in [0, 0.1) is 0 Å². The molecule has 0 bridgehead atoms. The molecule has 1 atom stereocenters. The number of nitrogens with zero attached hydrogens (tertiary/aromatic N) is 1. The fraction of sp³-hybridized carbons (Fsp3) is 0.211. The molecule has 0 unspecified atom stereocenters. The summed E-state index contributed by atoms with van der Waals surface area (Å²) in [5.41, 5.74) is -2.71.